The van der Waals surface area contributed by atoms with Crippen LogP contribution in [0.15, 0.2) is 36.9 Å². The van der Waals surface area contributed by atoms with Gasteiger partial charge in [-0.25, -0.2) is 9.67 Å². The number of aromatic amines is 1. The van der Waals surface area contributed by atoms with E-state index in [1.807, 2.05) is 42.3 Å². The molecule has 4 heteroatoms. The highest BCUT2D eigenvalue weighted by Crippen LogP contribution is 2.18. The van der Waals surface area contributed by atoms with Crippen molar-refractivity contribution in [3.63, 3.8) is 0 Å². The zero-order valence-electron chi connectivity index (χ0n) is 8.31. The van der Waals surface area contributed by atoms with Crippen molar-refractivity contribution in [1.82, 2.24) is 19.7 Å². The van der Waals surface area contributed by atoms with Crippen molar-refractivity contribution in [3.05, 3.63) is 42.5 Å². The Morgan fingerprint density at radius 3 is 3.07 bits per heavy atom. The lowest BCUT2D eigenvalue weighted by Crippen LogP contribution is -1.95. The molecule has 3 rings (SSSR count). The van der Waals surface area contributed by atoms with Gasteiger partial charge in [0.2, 0.25) is 0 Å². The Labute approximate surface area is 86.6 Å². The number of nitrogens with zero attached hydrogens (tertiary/aromatic N) is 3. The van der Waals surface area contributed by atoms with E-state index in [4.69, 9.17) is 0 Å². The zero-order chi connectivity index (χ0) is 10.3. The average molecular weight is 198 g/mol. The van der Waals surface area contributed by atoms with Crippen LogP contribution >= 0.6 is 0 Å². The minimum atomic E-state index is 0.889. The van der Waals surface area contributed by atoms with Crippen LogP contribution < -0.4 is 0 Å². The molecule has 0 saturated carbocycles. The zero-order valence-corrected chi connectivity index (χ0v) is 8.31. The summed E-state index contributed by atoms with van der Waals surface area (Å²) in [6, 6.07) is 3.97. The lowest BCUT2D eigenvalue weighted by Gasteiger charge is -2.01. The van der Waals surface area contributed by atoms with Crippen molar-refractivity contribution in [1.29, 1.82) is 0 Å². The second-order valence-electron chi connectivity index (χ2n) is 3.53. The monoisotopic (exact) mass is 198 g/mol. The molecule has 0 aliphatic carbocycles. The summed E-state index contributed by atoms with van der Waals surface area (Å²) in [6.45, 7) is 2.03. The summed E-state index contributed by atoms with van der Waals surface area (Å²) < 4.78 is 1.87. The summed E-state index contributed by atoms with van der Waals surface area (Å²) in [5, 5.41) is 5.37. The molecule has 3 heterocycles. The standard InChI is InChI=1S/C11H10N4/c1-8-6-14-15(7-8)10-3-5-13-11-9(10)2-4-12-11/h2-7H,1H3,(H,12,13). The fourth-order valence-corrected chi connectivity index (χ4v) is 1.69. The first-order valence-electron chi connectivity index (χ1n) is 4.78. The molecule has 0 aromatic carbocycles. The van der Waals surface area contributed by atoms with E-state index in [-0.39, 0.29) is 0 Å². The minimum absolute atomic E-state index is 0.889. The lowest BCUT2D eigenvalue weighted by molar-refractivity contribution is 0.886. The highest BCUT2D eigenvalue weighted by Gasteiger charge is 2.04. The number of hydrogen-bond donors (Lipinski definition) is 1. The second kappa shape index (κ2) is 2.95. The molecule has 1 N–H and O–H groups in total. The highest BCUT2D eigenvalue weighted by molar-refractivity contribution is 5.84. The molecule has 0 spiro atoms. The Morgan fingerprint density at radius 2 is 2.27 bits per heavy atom. The minimum Gasteiger partial charge on any atom is -0.346 e. The first-order chi connectivity index (χ1) is 7.34. The van der Waals surface area contributed by atoms with Crippen molar-refractivity contribution in [2.24, 2.45) is 0 Å². The van der Waals surface area contributed by atoms with Gasteiger partial charge in [0.05, 0.1) is 11.9 Å². The fraction of sp³-hybridized carbons (Fsp3) is 0.0909. The van der Waals surface area contributed by atoms with Crippen molar-refractivity contribution < 1.29 is 0 Å². The molecule has 0 saturated heterocycles. The summed E-state index contributed by atoms with van der Waals surface area (Å²) in [6.07, 6.45) is 7.52. The Bertz CT molecular complexity index is 606. The van der Waals surface area contributed by atoms with Gasteiger partial charge in [0.25, 0.3) is 0 Å². The topological polar surface area (TPSA) is 46.5 Å². The van der Waals surface area contributed by atoms with E-state index in [9.17, 15) is 0 Å². The number of fused-ring (bicyclic) bond motifs is 1. The Kier molecular flexibility index (Phi) is 1.62. The van der Waals surface area contributed by atoms with Gasteiger partial charge >= 0.3 is 0 Å². The van der Waals surface area contributed by atoms with Gasteiger partial charge in [-0.15, -0.1) is 0 Å². The summed E-state index contributed by atoms with van der Waals surface area (Å²) in [4.78, 5) is 7.32. The van der Waals surface area contributed by atoms with Crippen molar-refractivity contribution >= 4 is 11.0 Å². The predicted molar refractivity (Wildman–Crippen MR) is 58.0 cm³/mol. The Balaban J connectivity index is 2.30. The number of pyridine rings is 1. The van der Waals surface area contributed by atoms with Gasteiger partial charge in [-0.3, -0.25) is 0 Å². The maximum absolute atomic E-state index is 4.29. The SMILES string of the molecule is Cc1cnn(-c2ccnc3[nH]ccc23)c1. The van der Waals surface area contributed by atoms with Crippen LogP contribution in [0.4, 0.5) is 0 Å². The van der Waals surface area contributed by atoms with Crippen molar-refractivity contribution in [2.75, 3.05) is 0 Å². The average Bonchev–Trinajstić information content (AvgIpc) is 2.84. The Morgan fingerprint density at radius 1 is 1.33 bits per heavy atom. The summed E-state index contributed by atoms with van der Waals surface area (Å²) in [5.74, 6) is 0. The molecule has 0 unspecified atom stereocenters. The van der Waals surface area contributed by atoms with E-state index in [1.165, 1.54) is 0 Å². The molecule has 0 radical (unpaired) electrons. The van der Waals surface area contributed by atoms with Crippen LogP contribution in [-0.4, -0.2) is 19.7 Å². The van der Waals surface area contributed by atoms with Gasteiger partial charge in [0.1, 0.15) is 5.65 Å². The van der Waals surface area contributed by atoms with Crippen LogP contribution in [0.1, 0.15) is 5.56 Å². The van der Waals surface area contributed by atoms with Gasteiger partial charge in [0.15, 0.2) is 0 Å². The van der Waals surface area contributed by atoms with E-state index in [1.54, 1.807) is 6.20 Å². The molecule has 0 aliphatic heterocycles. The third kappa shape index (κ3) is 1.22. The number of nitrogens with one attached hydrogen (secondary N) is 1. The molecule has 0 fully saturated rings. The molecular weight excluding hydrogens is 188 g/mol. The quantitative estimate of drug-likeness (QED) is 0.650. The third-order valence-corrected chi connectivity index (χ3v) is 2.40. The molecule has 3 aromatic rings. The molecule has 3 aromatic heterocycles. The molecule has 0 aliphatic rings. The van der Waals surface area contributed by atoms with Crippen LogP contribution in [0.25, 0.3) is 16.7 Å². The smallest absolute Gasteiger partial charge is 0.139 e. The van der Waals surface area contributed by atoms with Gasteiger partial charge in [-0.05, 0) is 24.6 Å². The number of H-pyrrole nitrogens is 1. The molecule has 0 amide bonds. The lowest BCUT2D eigenvalue weighted by atomic mass is 10.3. The van der Waals surface area contributed by atoms with Gasteiger partial charge in [0, 0.05) is 24.0 Å². The molecular formula is C11H10N4. The molecule has 15 heavy (non-hydrogen) atoms. The maximum Gasteiger partial charge on any atom is 0.139 e. The van der Waals surface area contributed by atoms with Crippen molar-refractivity contribution in [3.8, 4) is 5.69 Å². The van der Waals surface area contributed by atoms with Crippen LogP contribution in [0.2, 0.25) is 0 Å². The van der Waals surface area contributed by atoms with E-state index in [0.717, 1.165) is 22.3 Å². The maximum atomic E-state index is 4.29. The number of aromatic nitrogens is 4. The van der Waals surface area contributed by atoms with Crippen LogP contribution in [-0.2, 0) is 0 Å². The highest BCUT2D eigenvalue weighted by atomic mass is 15.3. The van der Waals surface area contributed by atoms with Crippen LogP contribution in [0.3, 0.4) is 0 Å². The number of rotatable bonds is 1. The summed E-state index contributed by atoms with van der Waals surface area (Å²) in [5.41, 5.74) is 3.09. The normalized spacial score (nSPS) is 11.0. The molecule has 74 valence electrons. The van der Waals surface area contributed by atoms with Crippen LogP contribution in [0.5, 0.6) is 0 Å². The number of hydrogen-bond acceptors (Lipinski definition) is 2. The van der Waals surface area contributed by atoms with E-state index >= 15 is 0 Å². The van der Waals surface area contributed by atoms with Gasteiger partial charge in [-0.1, -0.05) is 0 Å². The van der Waals surface area contributed by atoms with E-state index in [0.29, 0.717) is 0 Å². The predicted octanol–water partition coefficient (Wildman–Crippen LogP) is 2.06. The van der Waals surface area contributed by atoms with E-state index < -0.39 is 0 Å². The first-order valence-corrected chi connectivity index (χ1v) is 4.78. The molecule has 4 nitrogen and oxygen atoms in total. The third-order valence-electron chi connectivity index (χ3n) is 2.40. The second-order valence-corrected chi connectivity index (χ2v) is 3.53. The van der Waals surface area contributed by atoms with E-state index in [2.05, 4.69) is 15.1 Å². The largest absolute Gasteiger partial charge is 0.346 e. The van der Waals surface area contributed by atoms with Crippen LogP contribution in [0, 0.1) is 6.92 Å². The molecule has 0 atom stereocenters. The molecule has 0 bridgehead atoms. The first kappa shape index (κ1) is 8.23. The van der Waals surface area contributed by atoms with Gasteiger partial charge in [-0.2, -0.15) is 5.10 Å². The van der Waals surface area contributed by atoms with Crippen molar-refractivity contribution in [2.45, 2.75) is 6.92 Å². The summed E-state index contributed by atoms with van der Waals surface area (Å²) in [7, 11) is 0. The van der Waals surface area contributed by atoms with Gasteiger partial charge < -0.3 is 4.98 Å². The summed E-state index contributed by atoms with van der Waals surface area (Å²) >= 11 is 0. The fourth-order valence-electron chi connectivity index (χ4n) is 1.69. The Hall–Kier alpha value is -2.10. The number of aryl methyl sites for hydroxylation is 1.